The number of rotatable bonds is 6. The summed E-state index contributed by atoms with van der Waals surface area (Å²) in [6, 6.07) is 0. The number of aliphatic hydroxyl groups excluding tert-OH is 1. The van der Waals surface area contributed by atoms with Crippen molar-refractivity contribution >= 4 is 39.7 Å². The third kappa shape index (κ3) is 23.0. The maximum Gasteiger partial charge on any atom is 0.264 e. The van der Waals surface area contributed by atoms with Gasteiger partial charge < -0.3 is 5.11 Å². The summed E-state index contributed by atoms with van der Waals surface area (Å²) >= 11 is 0. The van der Waals surface area contributed by atoms with Crippen LogP contribution >= 0.6 is 0 Å². The summed E-state index contributed by atoms with van der Waals surface area (Å²) in [4.78, 5) is 0. The third-order valence-corrected chi connectivity index (χ3v) is 2.31. The van der Waals surface area contributed by atoms with Crippen LogP contribution in [0.15, 0.2) is 0 Å². The molecule has 0 fully saturated rings. The quantitative estimate of drug-likeness (QED) is 0.410. The molecule has 0 amide bonds. The maximum atomic E-state index is 10.2. The van der Waals surface area contributed by atoms with Gasteiger partial charge >= 0.3 is 0 Å². The van der Waals surface area contributed by atoms with E-state index in [0.29, 0.717) is 6.42 Å². The summed E-state index contributed by atoms with van der Waals surface area (Å²) in [6.45, 7) is 2.10. The Morgan fingerprint density at radius 3 is 1.79 bits per heavy atom. The molecule has 0 atom stereocenters. The second-order valence-electron chi connectivity index (χ2n) is 2.70. The normalized spacial score (nSPS) is 9.71. The third-order valence-electron chi connectivity index (χ3n) is 1.51. The summed E-state index contributed by atoms with van der Waals surface area (Å²) in [5, 5.41) is 7.00. The average Bonchev–Trinajstić information content (AvgIpc) is 2.06. The van der Waals surface area contributed by atoms with Crippen molar-refractivity contribution in [2.75, 3.05) is 12.9 Å². The Balaban J connectivity index is -0.000000376. The minimum absolute atomic E-state index is 0. The van der Waals surface area contributed by atoms with E-state index in [1.54, 1.807) is 0 Å². The van der Waals surface area contributed by atoms with Gasteiger partial charge in [-0.3, -0.25) is 4.55 Å². The van der Waals surface area contributed by atoms with E-state index < -0.39 is 10.1 Å². The first-order valence-electron chi connectivity index (χ1n) is 4.46. The Bertz CT molecular complexity index is 180. The van der Waals surface area contributed by atoms with Gasteiger partial charge in [0.15, 0.2) is 0 Å². The van der Waals surface area contributed by atoms with E-state index in [0.717, 1.165) is 32.8 Å². The van der Waals surface area contributed by atoms with Crippen molar-refractivity contribution in [3.05, 3.63) is 0 Å². The Morgan fingerprint density at radius 2 is 1.43 bits per heavy atom. The zero-order valence-electron chi connectivity index (χ0n) is 9.36. The van der Waals surface area contributed by atoms with Crippen LogP contribution in [-0.2, 0) is 10.1 Å². The van der Waals surface area contributed by atoms with Crippen LogP contribution in [0.4, 0.5) is 0 Å². The summed E-state index contributed by atoms with van der Waals surface area (Å²) in [5.41, 5.74) is 0. The van der Waals surface area contributed by atoms with Crippen molar-refractivity contribution in [3.63, 3.8) is 0 Å². The van der Waals surface area contributed by atoms with Crippen LogP contribution in [0.5, 0.6) is 0 Å². The predicted octanol–water partition coefficient (Wildman–Crippen LogP) is 1.07. The molecule has 0 aromatic rings. The summed E-state index contributed by atoms with van der Waals surface area (Å²) in [5.74, 6) is -0.0866. The fourth-order valence-electron chi connectivity index (χ4n) is 0.888. The molecule has 83 valence electrons. The topological polar surface area (TPSA) is 74.6 Å². The standard InChI is InChI=1S/C7H16O3S.CH4O.Na/c1-2-3-4-5-6-7-11(8,9)10;1-2;/h2-7H2,1H3,(H,8,9,10);2H,1H3;. The predicted molar refractivity (Wildman–Crippen MR) is 59.1 cm³/mol. The number of hydrogen-bond donors (Lipinski definition) is 2. The minimum Gasteiger partial charge on any atom is -0.400 e. The van der Waals surface area contributed by atoms with Gasteiger partial charge in [0.25, 0.3) is 10.1 Å². The Kier molecular flexibility index (Phi) is 20.1. The molecule has 0 spiro atoms. The van der Waals surface area contributed by atoms with Crippen molar-refractivity contribution in [2.24, 2.45) is 0 Å². The fourth-order valence-corrected chi connectivity index (χ4v) is 1.46. The van der Waals surface area contributed by atoms with Crippen LogP contribution in [0.2, 0.25) is 0 Å². The number of aliphatic hydroxyl groups is 1. The van der Waals surface area contributed by atoms with E-state index in [-0.39, 0.29) is 35.3 Å². The van der Waals surface area contributed by atoms with Crippen LogP contribution in [0.3, 0.4) is 0 Å². The zero-order chi connectivity index (χ0) is 10.7. The van der Waals surface area contributed by atoms with Crippen molar-refractivity contribution < 1.29 is 18.1 Å². The molecule has 0 bridgehead atoms. The summed E-state index contributed by atoms with van der Waals surface area (Å²) in [6.07, 6.45) is 4.83. The Morgan fingerprint density at radius 1 is 1.00 bits per heavy atom. The van der Waals surface area contributed by atoms with E-state index in [2.05, 4.69) is 6.92 Å². The molecule has 6 heteroatoms. The molecule has 0 heterocycles. The van der Waals surface area contributed by atoms with E-state index in [9.17, 15) is 8.42 Å². The molecule has 1 radical (unpaired) electrons. The largest absolute Gasteiger partial charge is 0.400 e. The smallest absolute Gasteiger partial charge is 0.264 e. The Hall–Kier alpha value is 0.870. The fraction of sp³-hybridized carbons (Fsp3) is 1.00. The van der Waals surface area contributed by atoms with Gasteiger partial charge in [0, 0.05) is 36.7 Å². The van der Waals surface area contributed by atoms with Crippen LogP contribution in [0.1, 0.15) is 39.0 Å². The number of hydrogen-bond acceptors (Lipinski definition) is 3. The summed E-state index contributed by atoms with van der Waals surface area (Å²) in [7, 11) is -2.71. The van der Waals surface area contributed by atoms with Crippen LogP contribution in [0.25, 0.3) is 0 Å². The number of unbranched alkanes of at least 4 members (excludes halogenated alkanes) is 4. The minimum atomic E-state index is -3.71. The van der Waals surface area contributed by atoms with Crippen LogP contribution in [-0.4, -0.2) is 60.5 Å². The van der Waals surface area contributed by atoms with Gasteiger partial charge in [0.1, 0.15) is 0 Å². The van der Waals surface area contributed by atoms with Crippen LogP contribution < -0.4 is 0 Å². The van der Waals surface area contributed by atoms with E-state index in [1.807, 2.05) is 0 Å². The van der Waals surface area contributed by atoms with E-state index in [1.165, 1.54) is 0 Å². The monoisotopic (exact) mass is 235 g/mol. The van der Waals surface area contributed by atoms with Gasteiger partial charge in [-0.05, 0) is 6.42 Å². The first kappa shape index (κ1) is 20.3. The molecule has 0 aromatic heterocycles. The zero-order valence-corrected chi connectivity index (χ0v) is 12.2. The van der Waals surface area contributed by atoms with Crippen LogP contribution in [0, 0.1) is 0 Å². The SMILES string of the molecule is CCCCCCCS(=O)(=O)O.CO.[Na]. The van der Waals surface area contributed by atoms with Gasteiger partial charge in [-0.15, -0.1) is 0 Å². The van der Waals surface area contributed by atoms with Crippen molar-refractivity contribution in [3.8, 4) is 0 Å². The van der Waals surface area contributed by atoms with E-state index >= 15 is 0 Å². The molecule has 2 N–H and O–H groups in total. The second kappa shape index (κ2) is 13.9. The van der Waals surface area contributed by atoms with Crippen molar-refractivity contribution in [2.45, 2.75) is 39.0 Å². The molecule has 0 aliphatic heterocycles. The molecule has 0 saturated heterocycles. The second-order valence-corrected chi connectivity index (χ2v) is 4.27. The molecule has 14 heavy (non-hydrogen) atoms. The molecule has 4 nitrogen and oxygen atoms in total. The van der Waals surface area contributed by atoms with Gasteiger partial charge in [-0.2, -0.15) is 8.42 Å². The average molecular weight is 235 g/mol. The Labute approximate surface area is 109 Å². The molecule has 0 aromatic carbocycles. The molecular weight excluding hydrogens is 215 g/mol. The molecule has 0 saturated carbocycles. The van der Waals surface area contributed by atoms with Gasteiger partial charge in [-0.25, -0.2) is 0 Å². The first-order valence-corrected chi connectivity index (χ1v) is 6.07. The van der Waals surface area contributed by atoms with Gasteiger partial charge in [0.2, 0.25) is 0 Å². The molecule has 0 unspecified atom stereocenters. The molecular formula is C8H20NaO4S. The molecule has 0 rings (SSSR count). The summed E-state index contributed by atoms with van der Waals surface area (Å²) < 4.78 is 28.8. The van der Waals surface area contributed by atoms with Gasteiger partial charge in [0.05, 0.1) is 5.75 Å². The van der Waals surface area contributed by atoms with Crippen molar-refractivity contribution in [1.82, 2.24) is 0 Å². The van der Waals surface area contributed by atoms with Crippen molar-refractivity contribution in [1.29, 1.82) is 0 Å². The first-order chi connectivity index (χ1) is 6.06. The molecule has 0 aliphatic carbocycles. The molecule has 0 aliphatic rings. The maximum absolute atomic E-state index is 10.2. The van der Waals surface area contributed by atoms with E-state index in [4.69, 9.17) is 9.66 Å². The van der Waals surface area contributed by atoms with Gasteiger partial charge in [-0.1, -0.05) is 32.6 Å².